The number of carboxylic acids is 1. The zero-order chi connectivity index (χ0) is 16.1. The van der Waals surface area contributed by atoms with Crippen LogP contribution in [0.15, 0.2) is 42.5 Å². The minimum absolute atomic E-state index is 0.0592. The van der Waals surface area contributed by atoms with Crippen LogP contribution in [-0.4, -0.2) is 24.1 Å². The van der Waals surface area contributed by atoms with E-state index in [1.165, 1.54) is 13.2 Å². The molecule has 0 bridgehead atoms. The smallest absolute Gasteiger partial charge is 0.307 e. The van der Waals surface area contributed by atoms with Gasteiger partial charge >= 0.3 is 5.97 Å². The number of nitrogens with one attached hydrogen (secondary N) is 1. The van der Waals surface area contributed by atoms with E-state index in [1.807, 2.05) is 0 Å². The summed E-state index contributed by atoms with van der Waals surface area (Å²) in [5, 5.41) is 11.9. The molecule has 2 aromatic rings. The van der Waals surface area contributed by atoms with Crippen LogP contribution >= 0.6 is 11.6 Å². The van der Waals surface area contributed by atoms with Crippen LogP contribution < -0.4 is 10.1 Å². The summed E-state index contributed by atoms with van der Waals surface area (Å²) in [7, 11) is 1.47. The van der Waals surface area contributed by atoms with Crippen molar-refractivity contribution >= 4 is 29.2 Å². The van der Waals surface area contributed by atoms with Gasteiger partial charge in [-0.3, -0.25) is 9.59 Å². The van der Waals surface area contributed by atoms with Gasteiger partial charge in [-0.2, -0.15) is 0 Å². The summed E-state index contributed by atoms with van der Waals surface area (Å²) < 4.78 is 5.14. The van der Waals surface area contributed by atoms with Gasteiger partial charge in [0.15, 0.2) is 0 Å². The first-order chi connectivity index (χ1) is 10.5. The fraction of sp³-hybridized carbons (Fsp3) is 0.125. The normalized spacial score (nSPS) is 10.1. The maximum absolute atomic E-state index is 12.3. The Balaban J connectivity index is 2.15. The third kappa shape index (κ3) is 3.99. The maximum Gasteiger partial charge on any atom is 0.307 e. The first-order valence-corrected chi connectivity index (χ1v) is 6.83. The Labute approximate surface area is 132 Å². The number of aliphatic carboxylic acids is 1. The van der Waals surface area contributed by atoms with Gasteiger partial charge < -0.3 is 15.2 Å². The van der Waals surface area contributed by atoms with Crippen LogP contribution in [0.5, 0.6) is 5.75 Å². The second-order valence-electron chi connectivity index (χ2n) is 4.57. The third-order valence-corrected chi connectivity index (χ3v) is 3.21. The van der Waals surface area contributed by atoms with Crippen molar-refractivity contribution in [3.63, 3.8) is 0 Å². The number of carboxylic acid groups (broad SMARTS) is 1. The summed E-state index contributed by atoms with van der Waals surface area (Å²) in [5.74, 6) is -0.838. The molecule has 0 aliphatic rings. The van der Waals surface area contributed by atoms with E-state index in [-0.39, 0.29) is 12.3 Å². The summed E-state index contributed by atoms with van der Waals surface area (Å²) in [6.45, 7) is 0. The lowest BCUT2D eigenvalue weighted by atomic mass is 10.1. The fourth-order valence-corrected chi connectivity index (χ4v) is 2.11. The molecule has 114 valence electrons. The van der Waals surface area contributed by atoms with Crippen molar-refractivity contribution in [1.29, 1.82) is 0 Å². The van der Waals surface area contributed by atoms with Gasteiger partial charge in [0.2, 0.25) is 0 Å². The Morgan fingerprint density at radius 2 is 1.86 bits per heavy atom. The van der Waals surface area contributed by atoms with E-state index in [0.717, 1.165) is 0 Å². The number of anilines is 1. The maximum atomic E-state index is 12.3. The molecular formula is C16H14ClNO4. The highest BCUT2D eigenvalue weighted by Crippen LogP contribution is 2.23. The minimum atomic E-state index is -0.902. The van der Waals surface area contributed by atoms with Gasteiger partial charge in [-0.1, -0.05) is 23.7 Å². The number of hydrogen-bond acceptors (Lipinski definition) is 3. The van der Waals surface area contributed by atoms with E-state index in [9.17, 15) is 9.59 Å². The first-order valence-electron chi connectivity index (χ1n) is 6.45. The monoisotopic (exact) mass is 319 g/mol. The molecule has 1 amide bonds. The molecule has 0 fully saturated rings. The lowest BCUT2D eigenvalue weighted by Gasteiger charge is -2.10. The number of amides is 1. The van der Waals surface area contributed by atoms with Crippen LogP contribution in [0, 0.1) is 0 Å². The molecule has 2 aromatic carbocycles. The molecule has 0 saturated heterocycles. The van der Waals surface area contributed by atoms with Crippen LogP contribution in [0.3, 0.4) is 0 Å². The van der Waals surface area contributed by atoms with Crippen LogP contribution in [-0.2, 0) is 11.2 Å². The Bertz CT molecular complexity index is 698. The molecule has 5 nitrogen and oxygen atoms in total. The van der Waals surface area contributed by atoms with Gasteiger partial charge in [0.25, 0.3) is 5.91 Å². The molecule has 2 rings (SSSR count). The third-order valence-electron chi connectivity index (χ3n) is 2.97. The molecule has 6 heteroatoms. The van der Waals surface area contributed by atoms with E-state index < -0.39 is 5.97 Å². The number of ether oxygens (including phenoxy) is 1. The highest BCUT2D eigenvalue weighted by atomic mass is 35.5. The molecule has 0 radical (unpaired) electrons. The van der Waals surface area contributed by atoms with Crippen molar-refractivity contribution < 1.29 is 19.4 Å². The van der Waals surface area contributed by atoms with Crippen molar-refractivity contribution in [3.05, 3.63) is 58.6 Å². The average Bonchev–Trinajstić information content (AvgIpc) is 2.48. The summed E-state index contributed by atoms with van der Waals surface area (Å²) in [4.78, 5) is 22.9. The molecule has 0 aliphatic heterocycles. The Morgan fingerprint density at radius 1 is 1.18 bits per heavy atom. The van der Waals surface area contributed by atoms with Crippen LogP contribution in [0.2, 0.25) is 5.02 Å². The lowest BCUT2D eigenvalue weighted by molar-refractivity contribution is -0.136. The Kier molecular flexibility index (Phi) is 5.01. The number of hydrogen-bond donors (Lipinski definition) is 2. The molecule has 0 aromatic heterocycles. The van der Waals surface area contributed by atoms with E-state index in [0.29, 0.717) is 27.6 Å². The van der Waals surface area contributed by atoms with Crippen molar-refractivity contribution in [1.82, 2.24) is 0 Å². The van der Waals surface area contributed by atoms with Gasteiger partial charge in [0.1, 0.15) is 5.75 Å². The largest absolute Gasteiger partial charge is 0.496 e. The molecule has 22 heavy (non-hydrogen) atoms. The second-order valence-corrected chi connectivity index (χ2v) is 5.00. The highest BCUT2D eigenvalue weighted by molar-refractivity contribution is 6.31. The van der Waals surface area contributed by atoms with Gasteiger partial charge in [0.05, 0.1) is 19.1 Å². The Hall–Kier alpha value is -2.53. The van der Waals surface area contributed by atoms with Crippen LogP contribution in [0.25, 0.3) is 0 Å². The van der Waals surface area contributed by atoms with Gasteiger partial charge in [0, 0.05) is 10.7 Å². The van der Waals surface area contributed by atoms with E-state index in [4.69, 9.17) is 21.4 Å². The second kappa shape index (κ2) is 6.95. The summed E-state index contributed by atoms with van der Waals surface area (Å²) in [6.07, 6.45) is -0.0592. The SMILES string of the molecule is COc1ccc(Cl)cc1C(=O)Nc1ccc(CC(=O)O)cc1. The topological polar surface area (TPSA) is 75.6 Å². The van der Waals surface area contributed by atoms with Crippen LogP contribution in [0.1, 0.15) is 15.9 Å². The predicted molar refractivity (Wildman–Crippen MR) is 83.7 cm³/mol. The van der Waals surface area contributed by atoms with Gasteiger partial charge in [-0.15, -0.1) is 0 Å². The first kappa shape index (κ1) is 15.9. The van der Waals surface area contributed by atoms with Crippen molar-refractivity contribution in [2.24, 2.45) is 0 Å². The molecule has 0 aliphatic carbocycles. The molecule has 0 spiro atoms. The average molecular weight is 320 g/mol. The molecule has 0 heterocycles. The molecule has 0 atom stereocenters. The van der Waals surface area contributed by atoms with E-state index in [2.05, 4.69) is 5.32 Å². The van der Waals surface area contributed by atoms with E-state index >= 15 is 0 Å². The summed E-state index contributed by atoms with van der Waals surface area (Å²) >= 11 is 5.90. The van der Waals surface area contributed by atoms with E-state index in [1.54, 1.807) is 36.4 Å². The lowest BCUT2D eigenvalue weighted by Crippen LogP contribution is -2.13. The minimum Gasteiger partial charge on any atom is -0.496 e. The number of benzene rings is 2. The van der Waals surface area contributed by atoms with Crippen molar-refractivity contribution in [2.75, 3.05) is 12.4 Å². The molecule has 2 N–H and O–H groups in total. The number of carbonyl (C=O) groups is 2. The molecular weight excluding hydrogens is 306 g/mol. The molecule has 0 unspecified atom stereocenters. The van der Waals surface area contributed by atoms with Gasteiger partial charge in [-0.05, 0) is 35.9 Å². The number of rotatable bonds is 5. The zero-order valence-electron chi connectivity index (χ0n) is 11.8. The predicted octanol–water partition coefficient (Wildman–Crippen LogP) is 3.23. The standard InChI is InChI=1S/C16H14ClNO4/c1-22-14-7-4-11(17)9-13(14)16(21)18-12-5-2-10(3-6-12)8-15(19)20/h2-7,9H,8H2,1H3,(H,18,21)(H,19,20). The van der Waals surface area contributed by atoms with Crippen molar-refractivity contribution in [2.45, 2.75) is 6.42 Å². The highest BCUT2D eigenvalue weighted by Gasteiger charge is 2.13. The summed E-state index contributed by atoms with van der Waals surface area (Å²) in [5.41, 5.74) is 1.54. The number of carbonyl (C=O) groups excluding carboxylic acids is 1. The van der Waals surface area contributed by atoms with Gasteiger partial charge in [-0.25, -0.2) is 0 Å². The van der Waals surface area contributed by atoms with Crippen LogP contribution in [0.4, 0.5) is 5.69 Å². The van der Waals surface area contributed by atoms with Crippen molar-refractivity contribution in [3.8, 4) is 5.75 Å². The molecule has 0 saturated carbocycles. The number of halogens is 1. The Morgan fingerprint density at radius 3 is 2.45 bits per heavy atom. The quantitative estimate of drug-likeness (QED) is 0.887. The number of methoxy groups -OCH3 is 1. The summed E-state index contributed by atoms with van der Waals surface area (Å²) in [6, 6.07) is 11.4. The fourth-order valence-electron chi connectivity index (χ4n) is 1.94. The zero-order valence-corrected chi connectivity index (χ0v) is 12.6.